The van der Waals surface area contributed by atoms with Crippen LogP contribution in [0, 0.1) is 11.3 Å². The van der Waals surface area contributed by atoms with Crippen LogP contribution in [0.4, 0.5) is 0 Å². The Bertz CT molecular complexity index is 214. The summed E-state index contributed by atoms with van der Waals surface area (Å²) in [6, 6.07) is 0. The molecule has 2 rings (SSSR count). The van der Waals surface area contributed by atoms with Crippen molar-refractivity contribution in [1.29, 1.82) is 0 Å². The van der Waals surface area contributed by atoms with Crippen molar-refractivity contribution in [3.8, 4) is 0 Å². The van der Waals surface area contributed by atoms with Crippen LogP contribution >= 0.6 is 0 Å². The van der Waals surface area contributed by atoms with Gasteiger partial charge in [0, 0.05) is 5.92 Å². The fourth-order valence-electron chi connectivity index (χ4n) is 2.24. The van der Waals surface area contributed by atoms with E-state index in [1.807, 2.05) is 0 Å². The number of rotatable bonds is 1. The summed E-state index contributed by atoms with van der Waals surface area (Å²) in [5, 5.41) is 0. The van der Waals surface area contributed by atoms with Crippen LogP contribution in [-0.2, 0) is 14.3 Å². The third-order valence-electron chi connectivity index (χ3n) is 3.31. The van der Waals surface area contributed by atoms with Gasteiger partial charge < -0.3 is 9.47 Å². The topological polar surface area (TPSA) is 35.5 Å². The van der Waals surface area contributed by atoms with E-state index < -0.39 is 0 Å². The summed E-state index contributed by atoms with van der Waals surface area (Å²) in [6.07, 6.45) is 2.01. The van der Waals surface area contributed by atoms with Gasteiger partial charge in [-0.15, -0.1) is 0 Å². The SMILES string of the molecule is COC(=O)[C@@H]1OC[C@@]2(C)CC[C@@H]12. The van der Waals surface area contributed by atoms with Crippen LogP contribution in [-0.4, -0.2) is 25.8 Å². The van der Waals surface area contributed by atoms with Gasteiger partial charge >= 0.3 is 5.97 Å². The summed E-state index contributed by atoms with van der Waals surface area (Å²) in [5.74, 6) is 0.202. The monoisotopic (exact) mass is 170 g/mol. The predicted molar refractivity (Wildman–Crippen MR) is 42.6 cm³/mol. The first-order chi connectivity index (χ1) is 5.67. The molecular weight excluding hydrogens is 156 g/mol. The Balaban J connectivity index is 2.07. The van der Waals surface area contributed by atoms with Crippen molar-refractivity contribution in [1.82, 2.24) is 0 Å². The van der Waals surface area contributed by atoms with Gasteiger partial charge in [0.15, 0.2) is 6.10 Å². The Labute approximate surface area is 72.0 Å². The zero-order valence-electron chi connectivity index (χ0n) is 7.50. The first-order valence-corrected chi connectivity index (χ1v) is 4.37. The lowest BCUT2D eigenvalue weighted by Gasteiger charge is -2.41. The molecule has 68 valence electrons. The number of methoxy groups -OCH3 is 1. The Morgan fingerprint density at radius 2 is 2.42 bits per heavy atom. The van der Waals surface area contributed by atoms with Crippen LogP contribution in [0.3, 0.4) is 0 Å². The van der Waals surface area contributed by atoms with E-state index in [-0.39, 0.29) is 17.5 Å². The Morgan fingerprint density at radius 3 is 2.83 bits per heavy atom. The second-order valence-corrected chi connectivity index (χ2v) is 4.05. The van der Waals surface area contributed by atoms with E-state index in [1.165, 1.54) is 13.5 Å². The van der Waals surface area contributed by atoms with Gasteiger partial charge in [-0.25, -0.2) is 4.79 Å². The molecule has 3 heteroatoms. The number of carbonyl (C=O) groups is 1. The zero-order chi connectivity index (χ0) is 8.77. The molecule has 1 saturated carbocycles. The van der Waals surface area contributed by atoms with Gasteiger partial charge in [-0.2, -0.15) is 0 Å². The summed E-state index contributed by atoms with van der Waals surface area (Å²) in [6.45, 7) is 2.90. The fourth-order valence-corrected chi connectivity index (χ4v) is 2.24. The van der Waals surface area contributed by atoms with E-state index >= 15 is 0 Å². The fraction of sp³-hybridized carbons (Fsp3) is 0.889. The van der Waals surface area contributed by atoms with Gasteiger partial charge in [-0.3, -0.25) is 0 Å². The third-order valence-corrected chi connectivity index (χ3v) is 3.31. The molecule has 1 aliphatic heterocycles. The molecule has 12 heavy (non-hydrogen) atoms. The quantitative estimate of drug-likeness (QED) is 0.550. The maximum atomic E-state index is 11.2. The van der Waals surface area contributed by atoms with Gasteiger partial charge in [-0.1, -0.05) is 6.92 Å². The minimum Gasteiger partial charge on any atom is -0.467 e. The Hall–Kier alpha value is -0.570. The van der Waals surface area contributed by atoms with E-state index in [9.17, 15) is 4.79 Å². The summed E-state index contributed by atoms with van der Waals surface area (Å²) >= 11 is 0. The zero-order valence-corrected chi connectivity index (χ0v) is 7.50. The number of esters is 1. The maximum absolute atomic E-state index is 11.2. The average Bonchev–Trinajstić information content (AvgIpc) is 2.27. The van der Waals surface area contributed by atoms with Gasteiger partial charge in [0.2, 0.25) is 0 Å². The van der Waals surface area contributed by atoms with E-state index in [0.29, 0.717) is 5.92 Å². The molecule has 0 N–H and O–H groups in total. The molecule has 2 aliphatic rings. The van der Waals surface area contributed by atoms with E-state index in [2.05, 4.69) is 11.7 Å². The van der Waals surface area contributed by atoms with Crippen molar-refractivity contribution in [3.05, 3.63) is 0 Å². The minimum atomic E-state index is -0.284. The van der Waals surface area contributed by atoms with Crippen molar-refractivity contribution in [2.24, 2.45) is 11.3 Å². The van der Waals surface area contributed by atoms with Gasteiger partial charge in [0.25, 0.3) is 0 Å². The van der Waals surface area contributed by atoms with Crippen molar-refractivity contribution < 1.29 is 14.3 Å². The normalized spacial score (nSPS) is 44.8. The van der Waals surface area contributed by atoms with Gasteiger partial charge in [0.1, 0.15) is 0 Å². The average molecular weight is 170 g/mol. The molecule has 0 aromatic rings. The van der Waals surface area contributed by atoms with Crippen molar-refractivity contribution in [3.63, 3.8) is 0 Å². The molecule has 2 fully saturated rings. The summed E-state index contributed by atoms with van der Waals surface area (Å²) in [5.41, 5.74) is 0.263. The molecule has 0 spiro atoms. The van der Waals surface area contributed by atoms with Crippen LogP contribution in [0.2, 0.25) is 0 Å². The largest absolute Gasteiger partial charge is 0.467 e. The Kier molecular flexibility index (Phi) is 1.65. The molecular formula is C9H14O3. The van der Waals surface area contributed by atoms with E-state index in [0.717, 1.165) is 13.0 Å². The number of hydrogen-bond acceptors (Lipinski definition) is 3. The van der Waals surface area contributed by atoms with Gasteiger partial charge in [-0.05, 0) is 18.3 Å². The van der Waals surface area contributed by atoms with Crippen molar-refractivity contribution in [2.75, 3.05) is 13.7 Å². The number of hydrogen-bond donors (Lipinski definition) is 0. The third kappa shape index (κ3) is 0.891. The van der Waals surface area contributed by atoms with Crippen LogP contribution in [0.25, 0.3) is 0 Å². The maximum Gasteiger partial charge on any atom is 0.335 e. The number of fused-ring (bicyclic) bond motifs is 1. The van der Waals surface area contributed by atoms with Crippen LogP contribution in [0.1, 0.15) is 19.8 Å². The first kappa shape index (κ1) is 8.05. The number of carbonyl (C=O) groups excluding carboxylic acids is 1. The molecule has 3 nitrogen and oxygen atoms in total. The van der Waals surface area contributed by atoms with Crippen molar-refractivity contribution in [2.45, 2.75) is 25.9 Å². The summed E-state index contributed by atoms with van der Waals surface area (Å²) in [7, 11) is 1.42. The number of ether oxygens (including phenoxy) is 2. The standard InChI is InChI=1S/C9H14O3/c1-9-4-3-6(9)7(12-5-9)8(10)11-2/h6-7H,3-5H2,1-2H3/t6-,7+,9+/m0/s1. The van der Waals surface area contributed by atoms with E-state index in [4.69, 9.17) is 4.74 Å². The lowest BCUT2D eigenvalue weighted by atomic mass is 9.61. The van der Waals surface area contributed by atoms with Crippen LogP contribution in [0.15, 0.2) is 0 Å². The molecule has 3 atom stereocenters. The highest BCUT2D eigenvalue weighted by molar-refractivity contribution is 5.75. The van der Waals surface area contributed by atoms with Crippen molar-refractivity contribution >= 4 is 5.97 Å². The lowest BCUT2D eigenvalue weighted by molar-refractivity contribution is -0.153. The molecule has 1 aliphatic carbocycles. The first-order valence-electron chi connectivity index (χ1n) is 4.37. The molecule has 1 heterocycles. The van der Waals surface area contributed by atoms with Gasteiger partial charge in [0.05, 0.1) is 13.7 Å². The minimum absolute atomic E-state index is 0.205. The molecule has 1 saturated heterocycles. The summed E-state index contributed by atoms with van der Waals surface area (Å²) < 4.78 is 10.1. The smallest absolute Gasteiger partial charge is 0.335 e. The second-order valence-electron chi connectivity index (χ2n) is 4.05. The molecule has 0 unspecified atom stereocenters. The molecule has 0 amide bonds. The summed E-state index contributed by atoms with van der Waals surface area (Å²) in [4.78, 5) is 11.2. The predicted octanol–water partition coefficient (Wildman–Crippen LogP) is 0.974. The lowest BCUT2D eigenvalue weighted by Crippen LogP contribution is -2.42. The highest BCUT2D eigenvalue weighted by Gasteiger charge is 2.55. The van der Waals surface area contributed by atoms with Crippen LogP contribution < -0.4 is 0 Å². The van der Waals surface area contributed by atoms with Crippen LogP contribution in [0.5, 0.6) is 0 Å². The highest BCUT2D eigenvalue weighted by Crippen LogP contribution is 2.53. The van der Waals surface area contributed by atoms with E-state index in [1.54, 1.807) is 0 Å². The molecule has 0 radical (unpaired) electrons. The highest BCUT2D eigenvalue weighted by atomic mass is 16.6. The molecule has 0 aromatic heterocycles. The molecule has 0 aromatic carbocycles. The Morgan fingerprint density at radius 1 is 1.67 bits per heavy atom. The second kappa shape index (κ2) is 2.46. The molecule has 0 bridgehead atoms.